The van der Waals surface area contributed by atoms with Crippen LogP contribution in [0.1, 0.15) is 62.5 Å². The summed E-state index contributed by atoms with van der Waals surface area (Å²) in [6.45, 7) is 18.7. The van der Waals surface area contributed by atoms with Crippen molar-refractivity contribution in [1.82, 2.24) is 0 Å². The molecule has 0 N–H and O–H groups in total. The molecule has 1 aromatic rings. The molecule has 1 atom stereocenters. The van der Waals surface area contributed by atoms with Crippen molar-refractivity contribution in [2.24, 2.45) is 5.41 Å². The summed E-state index contributed by atoms with van der Waals surface area (Å²) in [5.74, 6) is 0. The number of hydrogen-bond donors (Lipinski definition) is 0. The standard InChI is InChI=1S/C17H30OSSi/c1-12-9-13-10-17(5,6)11-14(15(13)19-12)18-20(7,8)16(2,3)4/h9,14H,10-11H2,1-8H3. The van der Waals surface area contributed by atoms with E-state index in [1.807, 2.05) is 11.3 Å². The highest BCUT2D eigenvalue weighted by Crippen LogP contribution is 2.49. The van der Waals surface area contributed by atoms with Crippen LogP contribution in [-0.4, -0.2) is 8.32 Å². The van der Waals surface area contributed by atoms with E-state index in [0.717, 1.165) is 6.42 Å². The van der Waals surface area contributed by atoms with E-state index < -0.39 is 8.32 Å². The van der Waals surface area contributed by atoms with E-state index in [-0.39, 0.29) is 5.04 Å². The molecule has 1 aliphatic rings. The molecule has 1 heterocycles. The molecule has 0 spiro atoms. The van der Waals surface area contributed by atoms with E-state index in [0.29, 0.717) is 11.5 Å². The zero-order chi connectivity index (χ0) is 15.3. The minimum absolute atomic E-state index is 0.279. The van der Waals surface area contributed by atoms with Crippen LogP contribution in [0.2, 0.25) is 18.1 Å². The Morgan fingerprint density at radius 3 is 2.45 bits per heavy atom. The first kappa shape index (κ1) is 16.3. The van der Waals surface area contributed by atoms with Crippen LogP contribution in [0.15, 0.2) is 6.07 Å². The number of rotatable bonds is 2. The van der Waals surface area contributed by atoms with Crippen LogP contribution >= 0.6 is 11.3 Å². The van der Waals surface area contributed by atoms with Gasteiger partial charge in [-0.15, -0.1) is 11.3 Å². The van der Waals surface area contributed by atoms with Crippen LogP contribution in [0.25, 0.3) is 0 Å². The lowest BCUT2D eigenvalue weighted by Crippen LogP contribution is -2.43. The second kappa shape index (κ2) is 4.96. The van der Waals surface area contributed by atoms with Crippen molar-refractivity contribution in [3.05, 3.63) is 21.4 Å². The van der Waals surface area contributed by atoms with E-state index in [9.17, 15) is 0 Å². The van der Waals surface area contributed by atoms with Crippen molar-refractivity contribution in [2.45, 2.75) is 78.6 Å². The third-order valence-corrected chi connectivity index (χ3v) is 10.6. The van der Waals surface area contributed by atoms with Crippen molar-refractivity contribution in [1.29, 1.82) is 0 Å². The third-order valence-electron chi connectivity index (χ3n) is 4.91. The Balaban J connectivity index is 2.32. The smallest absolute Gasteiger partial charge is 0.192 e. The molecule has 20 heavy (non-hydrogen) atoms. The van der Waals surface area contributed by atoms with Gasteiger partial charge in [0.2, 0.25) is 0 Å². The highest BCUT2D eigenvalue weighted by Gasteiger charge is 2.43. The Morgan fingerprint density at radius 1 is 1.30 bits per heavy atom. The summed E-state index contributed by atoms with van der Waals surface area (Å²) in [6, 6.07) is 2.38. The van der Waals surface area contributed by atoms with Gasteiger partial charge in [-0.2, -0.15) is 0 Å². The van der Waals surface area contributed by atoms with Crippen molar-refractivity contribution in [2.75, 3.05) is 0 Å². The van der Waals surface area contributed by atoms with E-state index in [2.05, 4.69) is 60.7 Å². The van der Waals surface area contributed by atoms with Crippen molar-refractivity contribution in [3.8, 4) is 0 Å². The van der Waals surface area contributed by atoms with E-state index >= 15 is 0 Å². The fourth-order valence-electron chi connectivity index (χ4n) is 2.81. The summed E-state index contributed by atoms with van der Waals surface area (Å²) < 4.78 is 6.77. The van der Waals surface area contributed by atoms with Gasteiger partial charge in [-0.3, -0.25) is 0 Å². The first-order valence-electron chi connectivity index (χ1n) is 7.68. The van der Waals surface area contributed by atoms with Gasteiger partial charge in [-0.1, -0.05) is 34.6 Å². The fraction of sp³-hybridized carbons (Fsp3) is 0.765. The molecule has 1 aliphatic carbocycles. The molecular formula is C17H30OSSi. The molecule has 1 aromatic heterocycles. The lowest BCUT2D eigenvalue weighted by Gasteiger charge is -2.43. The second-order valence-electron chi connectivity index (χ2n) is 8.66. The molecule has 0 radical (unpaired) electrons. The van der Waals surface area contributed by atoms with Crippen LogP contribution in [0.5, 0.6) is 0 Å². The Labute approximate surface area is 129 Å². The van der Waals surface area contributed by atoms with E-state index in [1.165, 1.54) is 21.7 Å². The largest absolute Gasteiger partial charge is 0.409 e. The maximum absolute atomic E-state index is 6.77. The lowest BCUT2D eigenvalue weighted by molar-refractivity contribution is 0.111. The van der Waals surface area contributed by atoms with Crippen LogP contribution < -0.4 is 0 Å². The zero-order valence-corrected chi connectivity index (χ0v) is 16.2. The maximum atomic E-state index is 6.77. The molecule has 2 rings (SSSR count). The summed E-state index contributed by atoms with van der Waals surface area (Å²) in [5.41, 5.74) is 1.89. The Morgan fingerprint density at radius 2 is 1.90 bits per heavy atom. The highest BCUT2D eigenvalue weighted by atomic mass is 32.1. The minimum Gasteiger partial charge on any atom is -0.409 e. The van der Waals surface area contributed by atoms with Crippen molar-refractivity contribution in [3.63, 3.8) is 0 Å². The molecule has 0 fully saturated rings. The van der Waals surface area contributed by atoms with Crippen LogP contribution in [0.4, 0.5) is 0 Å². The van der Waals surface area contributed by atoms with Gasteiger partial charge in [0.1, 0.15) is 0 Å². The summed E-state index contributed by atoms with van der Waals surface area (Å²) in [4.78, 5) is 2.93. The average molecular weight is 311 g/mol. The minimum atomic E-state index is -1.71. The molecule has 0 saturated carbocycles. The second-order valence-corrected chi connectivity index (χ2v) is 14.7. The molecular weight excluding hydrogens is 280 g/mol. The maximum Gasteiger partial charge on any atom is 0.192 e. The number of fused-ring (bicyclic) bond motifs is 1. The summed E-state index contributed by atoms with van der Waals surface area (Å²) in [5, 5.41) is 0.279. The normalized spacial score (nSPS) is 22.7. The van der Waals surface area contributed by atoms with Crippen LogP contribution in [0.3, 0.4) is 0 Å². The van der Waals surface area contributed by atoms with Crippen molar-refractivity contribution >= 4 is 19.7 Å². The van der Waals surface area contributed by atoms with Gasteiger partial charge in [0.15, 0.2) is 8.32 Å². The van der Waals surface area contributed by atoms with Gasteiger partial charge >= 0.3 is 0 Å². The first-order valence-corrected chi connectivity index (χ1v) is 11.4. The van der Waals surface area contributed by atoms with Crippen LogP contribution in [0, 0.1) is 12.3 Å². The molecule has 1 nitrogen and oxygen atoms in total. The van der Waals surface area contributed by atoms with Crippen LogP contribution in [-0.2, 0) is 10.8 Å². The number of aryl methyl sites for hydroxylation is 1. The molecule has 0 bridgehead atoms. The predicted molar refractivity (Wildman–Crippen MR) is 92.2 cm³/mol. The molecule has 114 valence electrons. The van der Waals surface area contributed by atoms with Gasteiger partial charge in [-0.25, -0.2) is 0 Å². The number of thiophene rings is 1. The fourth-order valence-corrected chi connectivity index (χ4v) is 5.23. The molecule has 0 aromatic carbocycles. The van der Waals surface area contributed by atoms with Gasteiger partial charge in [0.05, 0.1) is 6.10 Å². The van der Waals surface area contributed by atoms with Gasteiger partial charge < -0.3 is 4.43 Å². The highest BCUT2D eigenvalue weighted by molar-refractivity contribution is 7.12. The third kappa shape index (κ3) is 3.20. The van der Waals surface area contributed by atoms with E-state index in [1.54, 1.807) is 0 Å². The SMILES string of the molecule is Cc1cc2c(s1)C(O[Si](C)(C)C(C)(C)C)CC(C)(C)C2. The average Bonchev–Trinajstić information content (AvgIpc) is 2.54. The Hall–Kier alpha value is -0.123. The molecule has 0 aliphatic heterocycles. The molecule has 1 unspecified atom stereocenters. The zero-order valence-electron chi connectivity index (χ0n) is 14.4. The lowest BCUT2D eigenvalue weighted by atomic mass is 9.76. The Bertz CT molecular complexity index is 494. The summed E-state index contributed by atoms with van der Waals surface area (Å²) in [7, 11) is -1.71. The Kier molecular flexibility index (Phi) is 4.03. The quantitative estimate of drug-likeness (QED) is 0.600. The predicted octanol–water partition coefficient (Wildman–Crippen LogP) is 6.09. The topological polar surface area (TPSA) is 9.23 Å². The summed E-state index contributed by atoms with van der Waals surface area (Å²) >= 11 is 1.95. The monoisotopic (exact) mass is 310 g/mol. The van der Waals surface area contributed by atoms with Gasteiger partial charge in [0.25, 0.3) is 0 Å². The van der Waals surface area contributed by atoms with Gasteiger partial charge in [0, 0.05) is 9.75 Å². The molecule has 3 heteroatoms. The van der Waals surface area contributed by atoms with E-state index in [4.69, 9.17) is 4.43 Å². The molecule has 0 saturated heterocycles. The van der Waals surface area contributed by atoms with Gasteiger partial charge in [-0.05, 0) is 54.9 Å². The number of hydrogen-bond acceptors (Lipinski definition) is 2. The first-order chi connectivity index (χ1) is 8.91. The molecule has 0 amide bonds. The van der Waals surface area contributed by atoms with Crippen molar-refractivity contribution < 1.29 is 4.43 Å². The summed E-state index contributed by atoms with van der Waals surface area (Å²) in [6.07, 6.45) is 2.67.